The van der Waals surface area contributed by atoms with E-state index in [9.17, 15) is 4.79 Å². The highest BCUT2D eigenvalue weighted by atomic mass is 32.2. The van der Waals surface area contributed by atoms with Gasteiger partial charge in [-0.3, -0.25) is 9.79 Å². The maximum absolute atomic E-state index is 11.4. The van der Waals surface area contributed by atoms with E-state index in [0.717, 1.165) is 10.8 Å². The minimum atomic E-state index is -0.162. The number of nitrogens with zero attached hydrogens (tertiary/aromatic N) is 1. The zero-order valence-corrected chi connectivity index (χ0v) is 11.8. The Bertz CT molecular complexity index is 467. The molecule has 2 rings (SSSR count). The van der Waals surface area contributed by atoms with E-state index in [4.69, 9.17) is 4.74 Å². The highest BCUT2D eigenvalue weighted by molar-refractivity contribution is 8.14. The van der Waals surface area contributed by atoms with Crippen LogP contribution in [0.1, 0.15) is 30.4 Å². The van der Waals surface area contributed by atoms with Crippen molar-refractivity contribution < 1.29 is 9.53 Å². The Morgan fingerprint density at radius 2 is 2.41 bits per heavy atom. The second kappa shape index (κ2) is 4.82. The predicted octanol–water partition coefficient (Wildman–Crippen LogP) is 3.25. The summed E-state index contributed by atoms with van der Waals surface area (Å²) < 4.78 is 5.74. The molecule has 1 aromatic heterocycles. The van der Waals surface area contributed by atoms with Crippen molar-refractivity contribution in [1.82, 2.24) is 0 Å². The lowest BCUT2D eigenvalue weighted by Crippen LogP contribution is -2.30. The second-order valence-electron chi connectivity index (χ2n) is 4.38. The first-order valence-corrected chi connectivity index (χ1v) is 7.27. The fraction of sp³-hybridized carbons (Fsp3) is 0.500. The number of hydrogen-bond donors (Lipinski definition) is 0. The summed E-state index contributed by atoms with van der Waals surface area (Å²) in [6.07, 6.45) is 0. The predicted molar refractivity (Wildman–Crippen MR) is 73.8 cm³/mol. The molecule has 0 saturated heterocycles. The molecule has 0 amide bonds. The van der Waals surface area contributed by atoms with Gasteiger partial charge in [0.25, 0.3) is 0 Å². The molecule has 17 heavy (non-hydrogen) atoms. The quantitative estimate of drug-likeness (QED) is 0.788. The Morgan fingerprint density at radius 3 is 3.00 bits per heavy atom. The summed E-state index contributed by atoms with van der Waals surface area (Å²) in [6, 6.07) is 1.85. The number of ketones is 1. The molecule has 1 unspecified atom stereocenters. The van der Waals surface area contributed by atoms with Gasteiger partial charge in [-0.05, 0) is 25.3 Å². The van der Waals surface area contributed by atoms with Crippen LogP contribution in [0, 0.1) is 0 Å². The molecule has 3 nitrogen and oxygen atoms in total. The van der Waals surface area contributed by atoms with E-state index < -0.39 is 0 Å². The molecular weight excluding hydrogens is 254 g/mol. The Morgan fingerprint density at radius 1 is 1.65 bits per heavy atom. The molecule has 0 bridgehead atoms. The van der Waals surface area contributed by atoms with Crippen molar-refractivity contribution in [3.8, 4) is 5.75 Å². The molecule has 0 aliphatic carbocycles. The first-order valence-electron chi connectivity index (χ1n) is 5.41. The molecule has 0 radical (unpaired) electrons. The smallest absolute Gasteiger partial charge is 0.173 e. The van der Waals surface area contributed by atoms with Crippen molar-refractivity contribution in [2.75, 3.05) is 12.4 Å². The first kappa shape index (κ1) is 12.6. The molecular formula is C12H15NO2S2. The van der Waals surface area contributed by atoms with Crippen molar-refractivity contribution in [2.45, 2.75) is 26.3 Å². The minimum Gasteiger partial charge on any atom is -0.489 e. The Kier molecular flexibility index (Phi) is 3.58. The van der Waals surface area contributed by atoms with Crippen LogP contribution in [0.3, 0.4) is 0 Å². The summed E-state index contributed by atoms with van der Waals surface area (Å²) in [5, 5.41) is 2.99. The zero-order chi connectivity index (χ0) is 12.5. The van der Waals surface area contributed by atoms with Gasteiger partial charge in [0.1, 0.15) is 22.8 Å². The first-order chi connectivity index (χ1) is 8.00. The monoisotopic (exact) mass is 269 g/mol. The lowest BCUT2D eigenvalue weighted by atomic mass is 10.1. The molecule has 92 valence electrons. The number of thioether (sulfide) groups is 1. The van der Waals surface area contributed by atoms with E-state index in [-0.39, 0.29) is 11.3 Å². The van der Waals surface area contributed by atoms with Gasteiger partial charge in [-0.15, -0.1) is 23.1 Å². The van der Waals surface area contributed by atoms with Crippen molar-refractivity contribution in [3.63, 3.8) is 0 Å². The van der Waals surface area contributed by atoms with E-state index >= 15 is 0 Å². The van der Waals surface area contributed by atoms with E-state index in [1.54, 1.807) is 18.7 Å². The van der Waals surface area contributed by atoms with Gasteiger partial charge in [0, 0.05) is 12.7 Å². The third kappa shape index (κ3) is 2.90. The van der Waals surface area contributed by atoms with Gasteiger partial charge in [-0.1, -0.05) is 0 Å². The van der Waals surface area contributed by atoms with E-state index in [1.807, 2.05) is 18.4 Å². The van der Waals surface area contributed by atoms with Crippen LogP contribution in [0.4, 0.5) is 0 Å². The standard InChI is InChI=1S/C12H15NO2S2/c1-8(14)11-10(4-5-16-11)15-6-12(3)7-17-9(2)13-12/h4-5H,6-7H2,1-3H3. The van der Waals surface area contributed by atoms with E-state index in [1.165, 1.54) is 11.3 Å². The van der Waals surface area contributed by atoms with Crippen LogP contribution >= 0.6 is 23.1 Å². The van der Waals surface area contributed by atoms with Crippen molar-refractivity contribution >= 4 is 33.9 Å². The topological polar surface area (TPSA) is 38.7 Å². The van der Waals surface area contributed by atoms with E-state index in [2.05, 4.69) is 11.9 Å². The number of thiophene rings is 1. The molecule has 1 aliphatic heterocycles. The molecule has 1 aromatic rings. The lowest BCUT2D eigenvalue weighted by molar-refractivity contribution is 0.101. The van der Waals surface area contributed by atoms with Crippen molar-refractivity contribution in [1.29, 1.82) is 0 Å². The average Bonchev–Trinajstić information content (AvgIpc) is 2.83. The minimum absolute atomic E-state index is 0.0561. The largest absolute Gasteiger partial charge is 0.489 e. The van der Waals surface area contributed by atoms with Gasteiger partial charge in [0.05, 0.1) is 5.04 Å². The van der Waals surface area contributed by atoms with Crippen molar-refractivity contribution in [3.05, 3.63) is 16.3 Å². The fourth-order valence-electron chi connectivity index (χ4n) is 1.68. The summed E-state index contributed by atoms with van der Waals surface area (Å²) in [5.74, 6) is 1.69. The third-order valence-corrected chi connectivity index (χ3v) is 4.78. The SMILES string of the molecule is CC(=O)c1sccc1OCC1(C)CSC(C)=N1. The van der Waals surface area contributed by atoms with Crippen molar-refractivity contribution in [2.24, 2.45) is 4.99 Å². The Balaban J connectivity index is 2.03. The Labute approximate surface area is 109 Å². The molecule has 0 saturated carbocycles. The van der Waals surface area contributed by atoms with Crippen LogP contribution in [-0.2, 0) is 0 Å². The van der Waals surface area contributed by atoms with Crippen LogP contribution in [0.5, 0.6) is 5.75 Å². The molecule has 2 heterocycles. The maximum atomic E-state index is 11.4. The van der Waals surface area contributed by atoms with Crippen LogP contribution < -0.4 is 4.74 Å². The van der Waals surface area contributed by atoms with E-state index in [0.29, 0.717) is 17.2 Å². The molecule has 5 heteroatoms. The normalized spacial score (nSPS) is 23.6. The van der Waals surface area contributed by atoms with Gasteiger partial charge in [0.2, 0.25) is 0 Å². The number of aliphatic imine (C=N–C) groups is 1. The zero-order valence-electron chi connectivity index (χ0n) is 10.1. The molecule has 0 N–H and O–H groups in total. The lowest BCUT2D eigenvalue weighted by Gasteiger charge is -2.19. The van der Waals surface area contributed by atoms with Gasteiger partial charge in [0.15, 0.2) is 5.78 Å². The highest BCUT2D eigenvalue weighted by Gasteiger charge is 2.30. The number of carbonyl (C=O) groups is 1. The number of rotatable bonds is 4. The molecule has 0 aromatic carbocycles. The summed E-state index contributed by atoms with van der Waals surface area (Å²) in [5.41, 5.74) is -0.162. The van der Waals surface area contributed by atoms with Crippen LogP contribution in [-0.4, -0.2) is 28.7 Å². The second-order valence-corrected chi connectivity index (χ2v) is 6.46. The number of hydrogen-bond acceptors (Lipinski definition) is 5. The number of Topliss-reactive ketones (excluding diaryl/α,β-unsaturated/α-hetero) is 1. The highest BCUT2D eigenvalue weighted by Crippen LogP contribution is 2.30. The van der Waals surface area contributed by atoms with Crippen LogP contribution in [0.2, 0.25) is 0 Å². The Hall–Kier alpha value is -0.810. The number of carbonyl (C=O) groups excluding carboxylic acids is 1. The fourth-order valence-corrected chi connectivity index (χ4v) is 3.37. The molecule has 1 aliphatic rings. The molecule has 0 fully saturated rings. The maximum Gasteiger partial charge on any atom is 0.173 e. The van der Waals surface area contributed by atoms with Crippen LogP contribution in [0.15, 0.2) is 16.4 Å². The summed E-state index contributed by atoms with van der Waals surface area (Å²) in [6.45, 7) is 6.18. The average molecular weight is 269 g/mol. The van der Waals surface area contributed by atoms with Gasteiger partial charge in [-0.2, -0.15) is 0 Å². The molecule has 0 spiro atoms. The summed E-state index contributed by atoms with van der Waals surface area (Å²) in [4.78, 5) is 16.6. The van der Waals surface area contributed by atoms with Gasteiger partial charge < -0.3 is 4.74 Å². The summed E-state index contributed by atoms with van der Waals surface area (Å²) >= 11 is 3.18. The summed E-state index contributed by atoms with van der Waals surface area (Å²) in [7, 11) is 0. The van der Waals surface area contributed by atoms with Gasteiger partial charge >= 0.3 is 0 Å². The number of ether oxygens (including phenoxy) is 1. The van der Waals surface area contributed by atoms with Crippen LogP contribution in [0.25, 0.3) is 0 Å². The third-order valence-electron chi connectivity index (χ3n) is 2.51. The van der Waals surface area contributed by atoms with Gasteiger partial charge in [-0.25, -0.2) is 0 Å². The molecule has 1 atom stereocenters.